The van der Waals surface area contributed by atoms with Crippen molar-refractivity contribution in [3.8, 4) is 11.3 Å². The van der Waals surface area contributed by atoms with Crippen molar-refractivity contribution in [2.24, 2.45) is 0 Å². The quantitative estimate of drug-likeness (QED) is 0.689. The molecule has 114 valence electrons. The number of nitrogens with zero attached hydrogens (tertiary/aromatic N) is 2. The molecule has 4 nitrogen and oxygen atoms in total. The summed E-state index contributed by atoms with van der Waals surface area (Å²) in [7, 11) is 0. The monoisotopic (exact) mass is 286 g/mol. The number of aryl methyl sites for hydroxylation is 1. The Morgan fingerprint density at radius 2 is 1.81 bits per heavy atom. The van der Waals surface area contributed by atoms with E-state index >= 15 is 0 Å². The fourth-order valence-electron chi connectivity index (χ4n) is 2.38. The first-order valence-electron chi connectivity index (χ1n) is 7.99. The third-order valence-electron chi connectivity index (χ3n) is 3.70. The van der Waals surface area contributed by atoms with Gasteiger partial charge in [0, 0.05) is 12.1 Å². The van der Waals surface area contributed by atoms with Crippen LogP contribution >= 0.6 is 0 Å². The van der Waals surface area contributed by atoms with E-state index in [4.69, 9.17) is 0 Å². The summed E-state index contributed by atoms with van der Waals surface area (Å²) in [5, 5.41) is 14.6. The average molecular weight is 286 g/mol. The second-order valence-corrected chi connectivity index (χ2v) is 5.60. The minimum absolute atomic E-state index is 0.796. The van der Waals surface area contributed by atoms with Gasteiger partial charge in [0.05, 0.1) is 5.69 Å². The molecule has 4 heteroatoms. The molecule has 1 heterocycles. The number of benzene rings is 1. The van der Waals surface area contributed by atoms with Gasteiger partial charge in [0.15, 0.2) is 0 Å². The molecule has 0 unspecified atom stereocenters. The predicted molar refractivity (Wildman–Crippen MR) is 87.0 cm³/mol. The molecular formula is C17H26N4. The molecule has 0 atom stereocenters. The maximum absolute atomic E-state index is 4.21. The zero-order valence-electron chi connectivity index (χ0n) is 13.2. The Hall–Kier alpha value is -1.68. The first-order chi connectivity index (χ1) is 10.3. The van der Waals surface area contributed by atoms with E-state index in [0.717, 1.165) is 30.0 Å². The zero-order valence-corrected chi connectivity index (χ0v) is 13.2. The summed E-state index contributed by atoms with van der Waals surface area (Å²) in [6.07, 6.45) is 6.54. The minimum Gasteiger partial charge on any atom is -0.311 e. The predicted octanol–water partition coefficient (Wildman–Crippen LogP) is 3.84. The Morgan fingerprint density at radius 3 is 2.57 bits per heavy atom. The van der Waals surface area contributed by atoms with E-state index in [1.165, 1.54) is 37.7 Å². The van der Waals surface area contributed by atoms with E-state index < -0.39 is 0 Å². The fourth-order valence-corrected chi connectivity index (χ4v) is 2.38. The first kappa shape index (κ1) is 15.7. The molecule has 0 saturated carbocycles. The molecule has 2 rings (SSSR count). The lowest BCUT2D eigenvalue weighted by molar-refractivity contribution is 0.580. The van der Waals surface area contributed by atoms with Crippen LogP contribution in [-0.2, 0) is 6.54 Å². The summed E-state index contributed by atoms with van der Waals surface area (Å²) in [6, 6.07) is 8.41. The molecule has 0 saturated heterocycles. The van der Waals surface area contributed by atoms with Crippen molar-refractivity contribution in [3.63, 3.8) is 0 Å². The molecule has 1 aromatic carbocycles. The highest BCUT2D eigenvalue weighted by Gasteiger charge is 2.08. The maximum atomic E-state index is 4.21. The number of hydrogen-bond donors (Lipinski definition) is 2. The van der Waals surface area contributed by atoms with Crippen molar-refractivity contribution in [3.05, 3.63) is 35.5 Å². The van der Waals surface area contributed by atoms with Gasteiger partial charge in [-0.3, -0.25) is 5.10 Å². The van der Waals surface area contributed by atoms with Gasteiger partial charge in [-0.2, -0.15) is 0 Å². The zero-order chi connectivity index (χ0) is 14.9. The van der Waals surface area contributed by atoms with Crippen LogP contribution in [0.5, 0.6) is 0 Å². The van der Waals surface area contributed by atoms with E-state index in [-0.39, 0.29) is 0 Å². The molecule has 0 aliphatic heterocycles. The van der Waals surface area contributed by atoms with Crippen LogP contribution in [0.15, 0.2) is 24.3 Å². The second kappa shape index (κ2) is 8.57. The molecule has 21 heavy (non-hydrogen) atoms. The normalized spacial score (nSPS) is 11.0. The van der Waals surface area contributed by atoms with Crippen LogP contribution in [0, 0.1) is 6.92 Å². The summed E-state index contributed by atoms with van der Waals surface area (Å²) in [6.45, 7) is 6.18. The van der Waals surface area contributed by atoms with E-state index in [9.17, 15) is 0 Å². The molecule has 0 radical (unpaired) electrons. The number of H-pyrrole nitrogens is 1. The number of aromatic nitrogens is 3. The lowest BCUT2D eigenvalue weighted by atomic mass is 10.1. The minimum atomic E-state index is 0.796. The highest BCUT2D eigenvalue weighted by atomic mass is 15.3. The van der Waals surface area contributed by atoms with Gasteiger partial charge in [-0.25, -0.2) is 0 Å². The SMILES string of the molecule is CCCCCCCNCc1[nH]nnc1-c1ccc(C)cc1. The summed E-state index contributed by atoms with van der Waals surface area (Å²) in [4.78, 5) is 0. The van der Waals surface area contributed by atoms with Crippen LogP contribution in [0.25, 0.3) is 11.3 Å². The Labute approximate surface area is 127 Å². The molecule has 0 aliphatic carbocycles. The number of unbranched alkanes of at least 4 members (excludes halogenated alkanes) is 4. The fraction of sp³-hybridized carbons (Fsp3) is 0.529. The van der Waals surface area contributed by atoms with E-state index in [2.05, 4.69) is 58.8 Å². The smallest absolute Gasteiger partial charge is 0.117 e. The van der Waals surface area contributed by atoms with Crippen molar-refractivity contribution in [2.75, 3.05) is 6.54 Å². The Balaban J connectivity index is 1.79. The Kier molecular flexibility index (Phi) is 6.41. The summed E-state index contributed by atoms with van der Waals surface area (Å²) in [5.74, 6) is 0. The summed E-state index contributed by atoms with van der Waals surface area (Å²) in [5.41, 5.74) is 4.39. The third-order valence-corrected chi connectivity index (χ3v) is 3.70. The van der Waals surface area contributed by atoms with Crippen LogP contribution in [0.2, 0.25) is 0 Å². The van der Waals surface area contributed by atoms with Crippen molar-refractivity contribution in [2.45, 2.75) is 52.5 Å². The Bertz CT molecular complexity index is 516. The van der Waals surface area contributed by atoms with Gasteiger partial charge in [-0.05, 0) is 19.9 Å². The molecule has 0 amide bonds. The molecular weight excluding hydrogens is 260 g/mol. The molecule has 0 spiro atoms. The molecule has 0 fully saturated rings. The number of rotatable bonds is 9. The number of aromatic amines is 1. The third kappa shape index (κ3) is 4.97. The molecule has 2 N–H and O–H groups in total. The van der Waals surface area contributed by atoms with Crippen molar-refractivity contribution in [1.29, 1.82) is 0 Å². The van der Waals surface area contributed by atoms with E-state index in [1.807, 2.05) is 0 Å². The standard InChI is InChI=1S/C17H26N4/c1-3-4-5-6-7-12-18-13-16-17(20-21-19-16)15-10-8-14(2)9-11-15/h8-11,18H,3-7,12-13H2,1-2H3,(H,19,20,21). The van der Waals surface area contributed by atoms with E-state index in [0.29, 0.717) is 0 Å². The van der Waals surface area contributed by atoms with E-state index in [1.54, 1.807) is 0 Å². The maximum Gasteiger partial charge on any atom is 0.117 e. The van der Waals surface area contributed by atoms with Crippen LogP contribution in [0.4, 0.5) is 0 Å². The van der Waals surface area contributed by atoms with Crippen molar-refractivity contribution >= 4 is 0 Å². The lowest BCUT2D eigenvalue weighted by Crippen LogP contribution is -2.15. The van der Waals surface area contributed by atoms with Crippen LogP contribution < -0.4 is 5.32 Å². The van der Waals surface area contributed by atoms with Gasteiger partial charge in [0.1, 0.15) is 5.69 Å². The molecule has 0 bridgehead atoms. The summed E-state index contributed by atoms with van der Waals surface area (Å²) >= 11 is 0. The molecule has 1 aromatic heterocycles. The van der Waals surface area contributed by atoms with Gasteiger partial charge in [-0.1, -0.05) is 67.6 Å². The highest BCUT2D eigenvalue weighted by Crippen LogP contribution is 2.19. The topological polar surface area (TPSA) is 53.6 Å². The largest absolute Gasteiger partial charge is 0.311 e. The Morgan fingerprint density at radius 1 is 1.05 bits per heavy atom. The molecule has 0 aliphatic rings. The highest BCUT2D eigenvalue weighted by molar-refractivity contribution is 5.61. The van der Waals surface area contributed by atoms with Gasteiger partial charge < -0.3 is 5.32 Å². The van der Waals surface area contributed by atoms with Crippen LogP contribution in [0.3, 0.4) is 0 Å². The van der Waals surface area contributed by atoms with Crippen molar-refractivity contribution < 1.29 is 0 Å². The van der Waals surface area contributed by atoms with Gasteiger partial charge in [-0.15, -0.1) is 5.10 Å². The van der Waals surface area contributed by atoms with Crippen molar-refractivity contribution in [1.82, 2.24) is 20.7 Å². The summed E-state index contributed by atoms with van der Waals surface area (Å²) < 4.78 is 0. The second-order valence-electron chi connectivity index (χ2n) is 5.60. The van der Waals surface area contributed by atoms with Crippen LogP contribution in [0.1, 0.15) is 50.3 Å². The van der Waals surface area contributed by atoms with Gasteiger partial charge in [0.25, 0.3) is 0 Å². The lowest BCUT2D eigenvalue weighted by Gasteiger charge is -2.05. The average Bonchev–Trinajstić information content (AvgIpc) is 2.95. The van der Waals surface area contributed by atoms with Gasteiger partial charge in [0.2, 0.25) is 0 Å². The number of hydrogen-bond acceptors (Lipinski definition) is 3. The molecule has 2 aromatic rings. The first-order valence-corrected chi connectivity index (χ1v) is 7.99. The van der Waals surface area contributed by atoms with Crippen LogP contribution in [-0.4, -0.2) is 22.0 Å². The van der Waals surface area contributed by atoms with Gasteiger partial charge >= 0.3 is 0 Å². The number of nitrogens with one attached hydrogen (secondary N) is 2.